The standard InChI is InChI=1S/C16H17ClN4O/c17-14-8-11(15(18)22)9-19-16(14)20-12-6-7-21(10-12)13-4-2-1-3-5-13/h1-5,8-9,12H,6-7,10H2,(H2,18,22)(H,19,20). The van der Waals surface area contributed by atoms with Gasteiger partial charge in [-0.3, -0.25) is 4.79 Å². The van der Waals surface area contributed by atoms with Gasteiger partial charge in [0, 0.05) is 31.0 Å². The van der Waals surface area contributed by atoms with Crippen LogP contribution in [0.25, 0.3) is 0 Å². The molecule has 0 bridgehead atoms. The Kier molecular flexibility index (Phi) is 4.15. The number of para-hydroxylation sites is 1. The van der Waals surface area contributed by atoms with E-state index in [1.165, 1.54) is 11.9 Å². The smallest absolute Gasteiger partial charge is 0.250 e. The van der Waals surface area contributed by atoms with Gasteiger partial charge in [0.25, 0.3) is 0 Å². The average Bonchev–Trinajstić information content (AvgIpc) is 2.98. The van der Waals surface area contributed by atoms with Gasteiger partial charge in [-0.2, -0.15) is 0 Å². The molecule has 1 saturated heterocycles. The highest BCUT2D eigenvalue weighted by molar-refractivity contribution is 6.33. The average molecular weight is 317 g/mol. The van der Waals surface area contributed by atoms with Gasteiger partial charge >= 0.3 is 0 Å². The quantitative estimate of drug-likeness (QED) is 0.909. The summed E-state index contributed by atoms with van der Waals surface area (Å²) in [6, 6.07) is 12.1. The van der Waals surface area contributed by atoms with Gasteiger partial charge in [0.1, 0.15) is 5.82 Å². The van der Waals surface area contributed by atoms with Gasteiger partial charge in [-0.15, -0.1) is 0 Å². The summed E-state index contributed by atoms with van der Waals surface area (Å²) < 4.78 is 0. The second kappa shape index (κ2) is 6.23. The van der Waals surface area contributed by atoms with Crippen LogP contribution in [0.5, 0.6) is 0 Å². The van der Waals surface area contributed by atoms with Crippen molar-refractivity contribution in [2.75, 3.05) is 23.3 Å². The molecule has 2 heterocycles. The molecule has 0 saturated carbocycles. The second-order valence-corrected chi connectivity index (χ2v) is 5.74. The molecule has 1 aliphatic heterocycles. The third-order valence-electron chi connectivity index (χ3n) is 3.78. The SMILES string of the molecule is NC(=O)c1cnc(NC2CCN(c3ccccc3)C2)c(Cl)c1. The molecule has 1 atom stereocenters. The lowest BCUT2D eigenvalue weighted by atomic mass is 10.2. The highest BCUT2D eigenvalue weighted by Gasteiger charge is 2.23. The van der Waals surface area contributed by atoms with Crippen molar-refractivity contribution in [1.82, 2.24) is 4.98 Å². The molecule has 5 nitrogen and oxygen atoms in total. The zero-order valence-electron chi connectivity index (χ0n) is 12.0. The molecular weight excluding hydrogens is 300 g/mol. The number of nitrogens with two attached hydrogens (primary N) is 1. The van der Waals surface area contributed by atoms with Gasteiger partial charge in [-0.1, -0.05) is 29.8 Å². The van der Waals surface area contributed by atoms with E-state index in [1.54, 1.807) is 6.07 Å². The molecule has 1 aliphatic rings. The van der Waals surface area contributed by atoms with Crippen LogP contribution < -0.4 is 16.0 Å². The van der Waals surface area contributed by atoms with Gasteiger partial charge < -0.3 is 16.0 Å². The third-order valence-corrected chi connectivity index (χ3v) is 4.06. The first-order valence-corrected chi connectivity index (χ1v) is 7.53. The summed E-state index contributed by atoms with van der Waals surface area (Å²) in [5.74, 6) is 0.0589. The van der Waals surface area contributed by atoms with Crippen LogP contribution in [-0.2, 0) is 0 Å². The van der Waals surface area contributed by atoms with Gasteiger partial charge in [0.05, 0.1) is 10.6 Å². The van der Waals surface area contributed by atoms with Crippen molar-refractivity contribution in [3.05, 3.63) is 53.2 Å². The number of aromatic nitrogens is 1. The van der Waals surface area contributed by atoms with Crippen LogP contribution in [0.2, 0.25) is 5.02 Å². The van der Waals surface area contributed by atoms with Crippen molar-refractivity contribution >= 4 is 29.0 Å². The van der Waals surface area contributed by atoms with Gasteiger partial charge in [0.15, 0.2) is 0 Å². The van der Waals surface area contributed by atoms with E-state index in [-0.39, 0.29) is 6.04 Å². The van der Waals surface area contributed by atoms with Crippen LogP contribution in [0.15, 0.2) is 42.6 Å². The molecule has 114 valence electrons. The summed E-state index contributed by atoms with van der Waals surface area (Å²) in [4.78, 5) is 17.6. The summed E-state index contributed by atoms with van der Waals surface area (Å²) in [5, 5.41) is 3.75. The summed E-state index contributed by atoms with van der Waals surface area (Å²) in [7, 11) is 0. The van der Waals surface area contributed by atoms with Gasteiger partial charge in [-0.25, -0.2) is 4.98 Å². The number of halogens is 1. The number of nitrogens with one attached hydrogen (secondary N) is 1. The van der Waals surface area contributed by atoms with Gasteiger partial charge in [0.2, 0.25) is 5.91 Å². The van der Waals surface area contributed by atoms with E-state index in [4.69, 9.17) is 17.3 Å². The maximum Gasteiger partial charge on any atom is 0.250 e. The zero-order chi connectivity index (χ0) is 15.5. The Labute approximate surface area is 134 Å². The summed E-state index contributed by atoms with van der Waals surface area (Å²) in [6.45, 7) is 1.87. The molecule has 1 fully saturated rings. The van der Waals surface area contributed by atoms with Crippen LogP contribution in [-0.4, -0.2) is 30.0 Å². The number of carbonyl (C=O) groups is 1. The van der Waals surface area contributed by atoms with Crippen molar-refractivity contribution in [1.29, 1.82) is 0 Å². The minimum absolute atomic E-state index is 0.268. The maximum atomic E-state index is 11.1. The summed E-state index contributed by atoms with van der Waals surface area (Å²) in [6.07, 6.45) is 2.45. The van der Waals surface area contributed by atoms with E-state index in [2.05, 4.69) is 27.3 Å². The summed E-state index contributed by atoms with van der Waals surface area (Å²) in [5.41, 5.74) is 6.74. The van der Waals surface area contributed by atoms with E-state index in [9.17, 15) is 4.79 Å². The molecule has 0 spiro atoms. The highest BCUT2D eigenvalue weighted by Crippen LogP contribution is 2.25. The lowest BCUT2D eigenvalue weighted by molar-refractivity contribution is 0.1000. The largest absolute Gasteiger partial charge is 0.369 e. The molecular formula is C16H17ClN4O. The first kappa shape index (κ1) is 14.7. The monoisotopic (exact) mass is 316 g/mol. The Morgan fingerprint density at radius 2 is 2.14 bits per heavy atom. The van der Waals surface area contributed by atoms with E-state index < -0.39 is 5.91 Å². The lowest BCUT2D eigenvalue weighted by Gasteiger charge is -2.19. The fraction of sp³-hybridized carbons (Fsp3) is 0.250. The lowest BCUT2D eigenvalue weighted by Crippen LogP contribution is -2.26. The minimum atomic E-state index is -0.530. The van der Waals surface area contributed by atoms with E-state index in [0.717, 1.165) is 19.5 Å². The van der Waals surface area contributed by atoms with Gasteiger partial charge in [-0.05, 0) is 24.6 Å². The first-order chi connectivity index (χ1) is 10.6. The van der Waals surface area contributed by atoms with Crippen LogP contribution in [0.3, 0.4) is 0 Å². The van der Waals surface area contributed by atoms with Crippen LogP contribution in [0, 0.1) is 0 Å². The van der Waals surface area contributed by atoms with Crippen molar-refractivity contribution in [3.63, 3.8) is 0 Å². The van der Waals surface area contributed by atoms with Crippen molar-refractivity contribution in [2.45, 2.75) is 12.5 Å². The fourth-order valence-electron chi connectivity index (χ4n) is 2.62. The fourth-order valence-corrected chi connectivity index (χ4v) is 2.84. The third kappa shape index (κ3) is 3.14. The molecule has 0 radical (unpaired) electrons. The number of amides is 1. The minimum Gasteiger partial charge on any atom is -0.369 e. The normalized spacial score (nSPS) is 17.5. The number of rotatable bonds is 4. The molecule has 2 aromatic rings. The number of hydrogen-bond acceptors (Lipinski definition) is 4. The Bertz CT molecular complexity index is 677. The number of pyridine rings is 1. The molecule has 1 amide bonds. The highest BCUT2D eigenvalue weighted by atomic mass is 35.5. The van der Waals surface area contributed by atoms with E-state index in [0.29, 0.717) is 16.4 Å². The molecule has 22 heavy (non-hydrogen) atoms. The second-order valence-electron chi connectivity index (χ2n) is 5.33. The molecule has 6 heteroatoms. The predicted octanol–water partition coefficient (Wildman–Crippen LogP) is 2.52. The summed E-state index contributed by atoms with van der Waals surface area (Å²) >= 11 is 6.16. The van der Waals surface area contributed by atoms with E-state index in [1.807, 2.05) is 18.2 Å². The molecule has 1 unspecified atom stereocenters. The maximum absolute atomic E-state index is 11.1. The Morgan fingerprint density at radius 3 is 2.82 bits per heavy atom. The molecule has 0 aliphatic carbocycles. The number of primary amides is 1. The zero-order valence-corrected chi connectivity index (χ0v) is 12.8. The molecule has 3 rings (SSSR count). The van der Waals surface area contributed by atoms with Crippen molar-refractivity contribution in [3.8, 4) is 0 Å². The topological polar surface area (TPSA) is 71.2 Å². The number of anilines is 2. The number of hydrogen-bond donors (Lipinski definition) is 2. The number of benzene rings is 1. The van der Waals surface area contributed by atoms with Crippen LogP contribution >= 0.6 is 11.6 Å². The van der Waals surface area contributed by atoms with Crippen LogP contribution in [0.4, 0.5) is 11.5 Å². The van der Waals surface area contributed by atoms with Crippen LogP contribution in [0.1, 0.15) is 16.8 Å². The molecule has 1 aromatic heterocycles. The Morgan fingerprint density at radius 1 is 1.36 bits per heavy atom. The molecule has 1 aromatic carbocycles. The van der Waals surface area contributed by atoms with Crippen molar-refractivity contribution < 1.29 is 4.79 Å². The first-order valence-electron chi connectivity index (χ1n) is 7.15. The Hall–Kier alpha value is -2.27. The Balaban J connectivity index is 1.66. The molecule has 3 N–H and O–H groups in total. The number of carbonyl (C=O) groups excluding carboxylic acids is 1. The predicted molar refractivity (Wildman–Crippen MR) is 88.4 cm³/mol. The number of nitrogens with zero attached hydrogens (tertiary/aromatic N) is 2. The van der Waals surface area contributed by atoms with Crippen molar-refractivity contribution in [2.24, 2.45) is 5.73 Å². The van der Waals surface area contributed by atoms with E-state index >= 15 is 0 Å².